The third-order valence-electron chi connectivity index (χ3n) is 5.97. The number of nitrogens with zero attached hydrogens (tertiary/aromatic N) is 2. The minimum atomic E-state index is -0.300. The molecule has 4 rings (SSSR count). The van der Waals surface area contributed by atoms with Crippen molar-refractivity contribution in [3.63, 3.8) is 0 Å². The molecular weight excluding hydrogens is 406 g/mol. The van der Waals surface area contributed by atoms with Crippen molar-refractivity contribution in [2.75, 3.05) is 27.9 Å². The number of aromatic nitrogens is 2. The van der Waals surface area contributed by atoms with E-state index in [1.165, 1.54) is 0 Å². The summed E-state index contributed by atoms with van der Waals surface area (Å²) in [4.78, 5) is 15.3. The standard InChI is InChI=1S/C25H29N3O4/c1-5-6-7-14-28-24(19-13-12-18(31-3)15-20(19)32-4)21-22(26-27-23(21)25(28)29)16-8-10-17(30-2)11-9-16/h8-13,15,24H,5-7,14H2,1-4H3,(H,26,27). The molecule has 1 aliphatic heterocycles. The largest absolute Gasteiger partial charge is 0.497 e. The molecule has 3 aromatic rings. The Hall–Kier alpha value is -3.48. The van der Waals surface area contributed by atoms with Crippen LogP contribution in [0.25, 0.3) is 11.3 Å². The number of benzene rings is 2. The normalized spacial score (nSPS) is 15.1. The van der Waals surface area contributed by atoms with Crippen LogP contribution in [0.2, 0.25) is 0 Å². The maximum atomic E-state index is 13.4. The number of aromatic amines is 1. The molecule has 0 bridgehead atoms. The second kappa shape index (κ2) is 9.34. The van der Waals surface area contributed by atoms with Gasteiger partial charge in [0.15, 0.2) is 0 Å². The molecule has 1 unspecified atom stereocenters. The summed E-state index contributed by atoms with van der Waals surface area (Å²) in [7, 11) is 4.90. The van der Waals surface area contributed by atoms with Gasteiger partial charge in [0.2, 0.25) is 0 Å². The van der Waals surface area contributed by atoms with Crippen LogP contribution >= 0.6 is 0 Å². The molecule has 168 valence electrons. The first-order valence-electron chi connectivity index (χ1n) is 10.9. The van der Waals surface area contributed by atoms with Gasteiger partial charge < -0.3 is 19.1 Å². The topological polar surface area (TPSA) is 76.7 Å². The van der Waals surface area contributed by atoms with E-state index in [9.17, 15) is 4.79 Å². The Morgan fingerprint density at radius 2 is 1.69 bits per heavy atom. The molecule has 1 aromatic heterocycles. The smallest absolute Gasteiger partial charge is 0.273 e. The molecule has 1 atom stereocenters. The van der Waals surface area contributed by atoms with Gasteiger partial charge in [-0.25, -0.2) is 0 Å². The fraction of sp³-hybridized carbons (Fsp3) is 0.360. The summed E-state index contributed by atoms with van der Waals surface area (Å²) in [5, 5.41) is 7.54. The van der Waals surface area contributed by atoms with Gasteiger partial charge in [-0.3, -0.25) is 9.89 Å². The number of rotatable bonds is 9. The highest BCUT2D eigenvalue weighted by Gasteiger charge is 2.43. The molecule has 0 fully saturated rings. The first kappa shape index (κ1) is 21.7. The van der Waals surface area contributed by atoms with Gasteiger partial charge in [-0.15, -0.1) is 0 Å². The zero-order chi connectivity index (χ0) is 22.7. The van der Waals surface area contributed by atoms with Crippen molar-refractivity contribution in [1.82, 2.24) is 15.1 Å². The Bertz CT molecular complexity index is 1090. The lowest BCUT2D eigenvalue weighted by Crippen LogP contribution is -2.30. The quantitative estimate of drug-likeness (QED) is 0.487. The van der Waals surface area contributed by atoms with Crippen LogP contribution in [-0.2, 0) is 0 Å². The van der Waals surface area contributed by atoms with E-state index in [4.69, 9.17) is 14.2 Å². The molecule has 1 N–H and O–H groups in total. The molecule has 7 heteroatoms. The molecule has 1 aliphatic rings. The van der Waals surface area contributed by atoms with Crippen LogP contribution in [-0.4, -0.2) is 48.9 Å². The molecular formula is C25H29N3O4. The zero-order valence-corrected chi connectivity index (χ0v) is 19.0. The number of nitrogens with one attached hydrogen (secondary N) is 1. The summed E-state index contributed by atoms with van der Waals surface area (Å²) in [6.45, 7) is 2.82. The predicted octanol–water partition coefficient (Wildman–Crippen LogP) is 4.84. The maximum Gasteiger partial charge on any atom is 0.273 e. The monoisotopic (exact) mass is 435 g/mol. The first-order valence-corrected chi connectivity index (χ1v) is 10.9. The molecule has 0 aliphatic carbocycles. The van der Waals surface area contributed by atoms with Crippen LogP contribution in [0, 0.1) is 0 Å². The number of hydrogen-bond donors (Lipinski definition) is 1. The van der Waals surface area contributed by atoms with Crippen LogP contribution in [0.1, 0.15) is 53.8 Å². The van der Waals surface area contributed by atoms with Crippen LogP contribution in [0.15, 0.2) is 42.5 Å². The molecule has 2 heterocycles. The Morgan fingerprint density at radius 3 is 2.34 bits per heavy atom. The second-order valence-electron chi connectivity index (χ2n) is 7.81. The summed E-state index contributed by atoms with van der Waals surface area (Å²) in [6, 6.07) is 13.1. The Kier molecular flexibility index (Phi) is 6.35. The summed E-state index contributed by atoms with van der Waals surface area (Å²) in [5.41, 5.74) is 4.00. The van der Waals surface area contributed by atoms with Gasteiger partial charge >= 0.3 is 0 Å². The van der Waals surface area contributed by atoms with E-state index in [0.29, 0.717) is 23.7 Å². The van der Waals surface area contributed by atoms with E-state index in [-0.39, 0.29) is 11.9 Å². The lowest BCUT2D eigenvalue weighted by Gasteiger charge is -2.27. The highest BCUT2D eigenvalue weighted by atomic mass is 16.5. The summed E-state index contributed by atoms with van der Waals surface area (Å²) in [5.74, 6) is 2.12. The van der Waals surface area contributed by atoms with Crippen LogP contribution < -0.4 is 14.2 Å². The molecule has 2 aromatic carbocycles. The van der Waals surface area contributed by atoms with Crippen molar-refractivity contribution in [2.24, 2.45) is 0 Å². The number of unbranched alkanes of at least 4 members (excludes halogenated alkanes) is 2. The summed E-state index contributed by atoms with van der Waals surface area (Å²) in [6.07, 6.45) is 3.09. The third-order valence-corrected chi connectivity index (χ3v) is 5.97. The number of carbonyl (C=O) groups excluding carboxylic acids is 1. The van der Waals surface area contributed by atoms with E-state index in [0.717, 1.165) is 47.4 Å². The summed E-state index contributed by atoms with van der Waals surface area (Å²) < 4.78 is 16.4. The molecule has 32 heavy (non-hydrogen) atoms. The molecule has 0 saturated carbocycles. The maximum absolute atomic E-state index is 13.4. The van der Waals surface area contributed by atoms with Crippen molar-refractivity contribution in [1.29, 1.82) is 0 Å². The van der Waals surface area contributed by atoms with Gasteiger partial charge in [0.1, 0.15) is 22.9 Å². The minimum Gasteiger partial charge on any atom is -0.497 e. The van der Waals surface area contributed by atoms with Crippen molar-refractivity contribution < 1.29 is 19.0 Å². The lowest BCUT2D eigenvalue weighted by atomic mass is 9.95. The van der Waals surface area contributed by atoms with Crippen molar-refractivity contribution in [3.05, 3.63) is 59.3 Å². The van der Waals surface area contributed by atoms with E-state index in [1.54, 1.807) is 21.3 Å². The van der Waals surface area contributed by atoms with Crippen molar-refractivity contribution in [2.45, 2.75) is 32.2 Å². The number of ether oxygens (including phenoxy) is 3. The van der Waals surface area contributed by atoms with Crippen molar-refractivity contribution in [3.8, 4) is 28.5 Å². The van der Waals surface area contributed by atoms with Crippen molar-refractivity contribution >= 4 is 5.91 Å². The molecule has 0 spiro atoms. The number of carbonyl (C=O) groups is 1. The minimum absolute atomic E-state index is 0.0359. The Balaban J connectivity index is 1.84. The second-order valence-corrected chi connectivity index (χ2v) is 7.81. The number of hydrogen-bond acceptors (Lipinski definition) is 5. The summed E-state index contributed by atoms with van der Waals surface area (Å²) >= 11 is 0. The fourth-order valence-corrected chi connectivity index (χ4v) is 4.30. The van der Waals surface area contributed by atoms with Gasteiger partial charge in [0.05, 0.1) is 33.1 Å². The average molecular weight is 436 g/mol. The fourth-order valence-electron chi connectivity index (χ4n) is 4.30. The average Bonchev–Trinajstić information content (AvgIpc) is 3.38. The van der Waals surface area contributed by atoms with Crippen LogP contribution in [0.3, 0.4) is 0 Å². The van der Waals surface area contributed by atoms with Crippen LogP contribution in [0.4, 0.5) is 0 Å². The Morgan fingerprint density at radius 1 is 0.969 bits per heavy atom. The molecule has 0 radical (unpaired) electrons. The van der Waals surface area contributed by atoms with Gasteiger partial charge in [-0.1, -0.05) is 19.8 Å². The predicted molar refractivity (Wildman–Crippen MR) is 123 cm³/mol. The van der Waals surface area contributed by atoms with Gasteiger partial charge in [0, 0.05) is 29.3 Å². The van der Waals surface area contributed by atoms with Gasteiger partial charge in [0.25, 0.3) is 5.91 Å². The number of fused-ring (bicyclic) bond motifs is 1. The SMILES string of the molecule is CCCCCN1C(=O)c2[nH]nc(-c3ccc(OC)cc3)c2C1c1ccc(OC)cc1OC. The third kappa shape index (κ3) is 3.79. The lowest BCUT2D eigenvalue weighted by molar-refractivity contribution is 0.0739. The molecule has 1 amide bonds. The first-order chi connectivity index (χ1) is 15.6. The van der Waals surface area contributed by atoms with E-state index >= 15 is 0 Å². The van der Waals surface area contributed by atoms with E-state index in [2.05, 4.69) is 17.1 Å². The molecule has 0 saturated heterocycles. The van der Waals surface area contributed by atoms with Gasteiger partial charge in [-0.2, -0.15) is 5.10 Å². The van der Waals surface area contributed by atoms with E-state index in [1.807, 2.05) is 47.4 Å². The van der Waals surface area contributed by atoms with Crippen LogP contribution in [0.5, 0.6) is 17.2 Å². The molecule has 7 nitrogen and oxygen atoms in total. The zero-order valence-electron chi connectivity index (χ0n) is 19.0. The highest BCUT2D eigenvalue weighted by molar-refractivity contribution is 6.00. The van der Waals surface area contributed by atoms with Gasteiger partial charge in [-0.05, 0) is 42.8 Å². The Labute approximate surface area is 188 Å². The van der Waals surface area contributed by atoms with E-state index < -0.39 is 0 Å². The number of methoxy groups -OCH3 is 3. The highest BCUT2D eigenvalue weighted by Crippen LogP contribution is 2.46. The number of H-pyrrole nitrogens is 1. The number of amides is 1.